The molecule has 0 unspecified atom stereocenters. The van der Waals surface area contributed by atoms with Crippen molar-refractivity contribution in [2.24, 2.45) is 0 Å². The van der Waals surface area contributed by atoms with Gasteiger partial charge in [-0.15, -0.1) is 11.3 Å². The molecule has 59 heavy (non-hydrogen) atoms. The van der Waals surface area contributed by atoms with Gasteiger partial charge in [0.1, 0.15) is 0 Å². The molecule has 0 atom stereocenters. The second-order valence-corrected chi connectivity index (χ2v) is 19.2. The first-order chi connectivity index (χ1) is 28.7. The minimum Gasteiger partial charge on any atom is -0.376 e. The molecule has 9 aromatic rings. The number of anilines is 5. The maximum Gasteiger partial charge on any atom is 0.333 e. The minimum atomic E-state index is -0.172. The first-order valence-corrected chi connectivity index (χ1v) is 21.7. The average Bonchev–Trinajstić information content (AvgIpc) is 3.63. The van der Waals surface area contributed by atoms with E-state index in [4.69, 9.17) is 0 Å². The fourth-order valence-electron chi connectivity index (χ4n) is 10.4. The highest BCUT2D eigenvalue weighted by Gasteiger charge is 2.50. The SMILES string of the molecule is CC(C)(C)c1ccc(N2c3cc4c(cc3B3c5c(cc(-c6ccccc6)cc52)-c2cccc5c2N3c2ccccc2C5(C)C)sc2ccccc24)c(-c2ccccc2)c1. The second-order valence-electron chi connectivity index (χ2n) is 18.1. The lowest BCUT2D eigenvalue weighted by molar-refractivity contribution is 0.590. The van der Waals surface area contributed by atoms with Crippen LogP contribution in [0.25, 0.3) is 53.6 Å². The van der Waals surface area contributed by atoms with Crippen molar-refractivity contribution in [2.75, 3.05) is 9.71 Å². The molecule has 12 rings (SSSR count). The van der Waals surface area contributed by atoms with Crippen LogP contribution in [0.4, 0.5) is 28.4 Å². The summed E-state index contributed by atoms with van der Waals surface area (Å²) >= 11 is 1.91. The van der Waals surface area contributed by atoms with Crippen LogP contribution in [-0.4, -0.2) is 6.85 Å². The van der Waals surface area contributed by atoms with E-state index in [-0.39, 0.29) is 17.7 Å². The van der Waals surface area contributed by atoms with Gasteiger partial charge in [0.15, 0.2) is 0 Å². The van der Waals surface area contributed by atoms with Crippen LogP contribution in [0.2, 0.25) is 0 Å². The third kappa shape index (κ3) is 4.93. The smallest absolute Gasteiger partial charge is 0.333 e. The molecule has 4 heteroatoms. The van der Waals surface area contributed by atoms with Gasteiger partial charge >= 0.3 is 6.85 Å². The van der Waals surface area contributed by atoms with E-state index >= 15 is 0 Å². The summed E-state index contributed by atoms with van der Waals surface area (Å²) in [5, 5.41) is 2.62. The summed E-state index contributed by atoms with van der Waals surface area (Å²) in [7, 11) is 0. The number of benzene rings is 8. The second kappa shape index (κ2) is 12.3. The van der Waals surface area contributed by atoms with Crippen LogP contribution in [0, 0.1) is 0 Å². The van der Waals surface area contributed by atoms with E-state index in [9.17, 15) is 0 Å². The Morgan fingerprint density at radius 2 is 1.20 bits per heavy atom. The van der Waals surface area contributed by atoms with Gasteiger partial charge in [-0.3, -0.25) is 0 Å². The van der Waals surface area contributed by atoms with E-state index in [0.717, 1.165) is 0 Å². The molecule has 3 aliphatic rings. The van der Waals surface area contributed by atoms with Crippen molar-refractivity contribution < 1.29 is 0 Å². The molecular weight excluding hydrogens is 731 g/mol. The minimum absolute atomic E-state index is 0.0159. The fourth-order valence-corrected chi connectivity index (χ4v) is 11.6. The van der Waals surface area contributed by atoms with Gasteiger partial charge in [0.05, 0.1) is 5.69 Å². The van der Waals surface area contributed by atoms with Crippen LogP contribution in [0.1, 0.15) is 51.3 Å². The van der Waals surface area contributed by atoms with Crippen molar-refractivity contribution in [1.82, 2.24) is 0 Å². The predicted molar refractivity (Wildman–Crippen MR) is 255 cm³/mol. The van der Waals surface area contributed by atoms with Gasteiger partial charge in [0.25, 0.3) is 0 Å². The summed E-state index contributed by atoms with van der Waals surface area (Å²) in [6, 6.07) is 64.4. The Labute approximate surface area is 351 Å². The molecule has 4 heterocycles. The highest BCUT2D eigenvalue weighted by molar-refractivity contribution is 7.26. The van der Waals surface area contributed by atoms with E-state index < -0.39 is 0 Å². The van der Waals surface area contributed by atoms with Crippen LogP contribution in [0.5, 0.6) is 0 Å². The van der Waals surface area contributed by atoms with Crippen LogP contribution < -0.4 is 20.6 Å². The largest absolute Gasteiger partial charge is 0.376 e. The van der Waals surface area contributed by atoms with Gasteiger partial charge in [-0.05, 0) is 104 Å². The molecule has 3 aliphatic heterocycles. The molecule has 282 valence electrons. The average molecular weight is 775 g/mol. The Hall–Kier alpha value is -6.36. The van der Waals surface area contributed by atoms with Gasteiger partial charge in [-0.25, -0.2) is 0 Å². The number of thiophene rings is 1. The highest BCUT2D eigenvalue weighted by Crippen LogP contribution is 2.57. The van der Waals surface area contributed by atoms with Gasteiger partial charge in [-0.1, -0.05) is 156 Å². The molecule has 0 fully saturated rings. The zero-order valence-electron chi connectivity index (χ0n) is 34.0. The van der Waals surface area contributed by atoms with Crippen LogP contribution in [-0.2, 0) is 10.8 Å². The molecule has 2 nitrogen and oxygen atoms in total. The summed E-state index contributed by atoms with van der Waals surface area (Å²) in [5.41, 5.74) is 20.4. The van der Waals surface area contributed by atoms with Crippen molar-refractivity contribution >= 4 is 77.7 Å². The molecule has 0 radical (unpaired) electrons. The van der Waals surface area contributed by atoms with Crippen molar-refractivity contribution in [3.63, 3.8) is 0 Å². The summed E-state index contributed by atoms with van der Waals surface area (Å²) in [4.78, 5) is 5.35. The Balaban J connectivity index is 1.26. The molecule has 1 aromatic heterocycles. The number of hydrogen-bond acceptors (Lipinski definition) is 3. The van der Waals surface area contributed by atoms with E-state index in [2.05, 4.69) is 214 Å². The standard InChI is InChI=1S/C55H43BN2S/c1-54(2,3)37-27-28-46(40(31-37)35-19-10-7-11-20-35)57-48-32-41-38-21-12-15-26-50(38)59-51(41)33-45(48)56-52-42(29-36(30-49(52)57)34-17-8-6-9-18-34)39-22-16-24-44-53(39)58(56)47-25-14-13-23-43(47)55(44,4)5/h6-33H,1-5H3. The van der Waals surface area contributed by atoms with Crippen molar-refractivity contribution in [1.29, 1.82) is 0 Å². The van der Waals surface area contributed by atoms with Crippen molar-refractivity contribution in [2.45, 2.75) is 45.4 Å². The van der Waals surface area contributed by atoms with E-state index in [0.29, 0.717) is 0 Å². The lowest BCUT2D eigenvalue weighted by Crippen LogP contribution is -2.63. The molecule has 0 spiro atoms. The van der Waals surface area contributed by atoms with E-state index in [1.54, 1.807) is 0 Å². The van der Waals surface area contributed by atoms with Gasteiger partial charge in [-0.2, -0.15) is 0 Å². The number of para-hydroxylation sites is 2. The van der Waals surface area contributed by atoms with Gasteiger partial charge < -0.3 is 9.71 Å². The Bertz CT molecular complexity index is 3190. The first kappa shape index (κ1) is 34.7. The Morgan fingerprint density at radius 3 is 2.00 bits per heavy atom. The lowest BCUT2D eigenvalue weighted by atomic mass is 9.42. The number of hydrogen-bond donors (Lipinski definition) is 0. The third-order valence-corrected chi connectivity index (χ3v) is 14.5. The molecule has 0 bridgehead atoms. The molecule has 0 amide bonds. The van der Waals surface area contributed by atoms with Crippen molar-refractivity contribution in [3.8, 4) is 33.4 Å². The molecule has 0 N–H and O–H groups in total. The van der Waals surface area contributed by atoms with Crippen molar-refractivity contribution in [3.05, 3.63) is 187 Å². The van der Waals surface area contributed by atoms with Gasteiger partial charge in [0, 0.05) is 59.5 Å². The molecule has 8 aromatic carbocycles. The van der Waals surface area contributed by atoms with Crippen LogP contribution in [0.15, 0.2) is 170 Å². The fraction of sp³-hybridized carbons (Fsp3) is 0.127. The maximum atomic E-state index is 2.72. The molecule has 0 aliphatic carbocycles. The normalized spacial score (nSPS) is 14.6. The van der Waals surface area contributed by atoms with E-state index in [1.165, 1.54) is 110 Å². The summed E-state index contributed by atoms with van der Waals surface area (Å²) in [6.45, 7) is 11.7. The molecular formula is C55H43BN2S. The molecule has 0 saturated heterocycles. The lowest BCUT2D eigenvalue weighted by Gasteiger charge is -2.51. The highest BCUT2D eigenvalue weighted by atomic mass is 32.1. The Kier molecular flexibility index (Phi) is 7.24. The van der Waals surface area contributed by atoms with E-state index in [1.807, 2.05) is 11.3 Å². The monoisotopic (exact) mass is 774 g/mol. The quantitative estimate of drug-likeness (QED) is 0.165. The third-order valence-electron chi connectivity index (χ3n) is 13.4. The predicted octanol–water partition coefficient (Wildman–Crippen LogP) is 14.0. The number of fused-ring (bicyclic) bond motifs is 9. The summed E-state index contributed by atoms with van der Waals surface area (Å²) in [6.07, 6.45) is 0. The number of rotatable bonds is 3. The summed E-state index contributed by atoms with van der Waals surface area (Å²) in [5.74, 6) is 0. The first-order valence-electron chi connectivity index (χ1n) is 20.9. The maximum absolute atomic E-state index is 2.72. The molecule has 0 saturated carbocycles. The zero-order chi connectivity index (χ0) is 39.8. The van der Waals surface area contributed by atoms with Crippen LogP contribution >= 0.6 is 11.3 Å². The zero-order valence-corrected chi connectivity index (χ0v) is 34.9. The van der Waals surface area contributed by atoms with Gasteiger partial charge in [0.2, 0.25) is 0 Å². The van der Waals surface area contributed by atoms with Crippen LogP contribution in [0.3, 0.4) is 0 Å². The topological polar surface area (TPSA) is 6.48 Å². The Morgan fingerprint density at radius 1 is 0.492 bits per heavy atom. The number of nitrogens with zero attached hydrogens (tertiary/aromatic N) is 2. The summed E-state index contributed by atoms with van der Waals surface area (Å²) < 4.78 is 2.65.